The Kier molecular flexibility index (Phi) is 7.30. The molecule has 4 heterocycles. The van der Waals surface area contributed by atoms with Crippen molar-refractivity contribution in [2.75, 3.05) is 11.9 Å². The van der Waals surface area contributed by atoms with Crippen LogP contribution in [0.3, 0.4) is 0 Å². The molecule has 0 unspecified atom stereocenters. The number of hydrogen-bond donors (Lipinski definition) is 3. The summed E-state index contributed by atoms with van der Waals surface area (Å²) < 4.78 is 0. The van der Waals surface area contributed by atoms with Gasteiger partial charge in [0.15, 0.2) is 0 Å². The molecule has 0 atom stereocenters. The van der Waals surface area contributed by atoms with Crippen LogP contribution < -0.4 is 10.6 Å². The van der Waals surface area contributed by atoms with E-state index in [9.17, 15) is 4.79 Å². The summed E-state index contributed by atoms with van der Waals surface area (Å²) in [5.41, 5.74) is 5.69. The molecule has 7 heteroatoms. The van der Waals surface area contributed by atoms with E-state index in [-0.39, 0.29) is 5.78 Å². The summed E-state index contributed by atoms with van der Waals surface area (Å²) in [5, 5.41) is 7.94. The Bertz CT molecular complexity index is 1510. The second-order valence-electron chi connectivity index (χ2n) is 8.36. The lowest BCUT2D eigenvalue weighted by Gasteiger charge is -2.20. The van der Waals surface area contributed by atoms with Gasteiger partial charge in [-0.25, -0.2) is 4.98 Å². The molecule has 1 aliphatic rings. The lowest BCUT2D eigenvalue weighted by Crippen LogP contribution is -2.24. The molecule has 6 rings (SSSR count). The van der Waals surface area contributed by atoms with E-state index in [1.165, 1.54) is 11.1 Å². The molecule has 0 amide bonds. The first-order valence-electron chi connectivity index (χ1n) is 11.7. The van der Waals surface area contributed by atoms with E-state index in [4.69, 9.17) is 0 Å². The molecule has 0 bridgehead atoms. The van der Waals surface area contributed by atoms with E-state index in [1.807, 2.05) is 36.7 Å². The quantitative estimate of drug-likeness (QED) is 0.224. The SMILES string of the molecule is O=C(c1cccc(S)c1)c1ccccn1.c1ccc2ncc(Nc3nccc4c3CCNC4)cc2c1. The molecule has 0 fully saturated rings. The number of rotatable bonds is 4. The Morgan fingerprint density at radius 3 is 2.64 bits per heavy atom. The normalized spacial score (nSPS) is 12.2. The van der Waals surface area contributed by atoms with Crippen molar-refractivity contribution in [2.24, 2.45) is 0 Å². The summed E-state index contributed by atoms with van der Waals surface area (Å²) in [6.45, 7) is 1.92. The van der Waals surface area contributed by atoms with Crippen molar-refractivity contribution in [3.63, 3.8) is 0 Å². The summed E-state index contributed by atoms with van der Waals surface area (Å²) in [4.78, 5) is 25.7. The Hall–Kier alpha value is -4.07. The summed E-state index contributed by atoms with van der Waals surface area (Å²) in [6.07, 6.45) is 6.34. The molecule has 178 valence electrons. The maximum atomic E-state index is 11.9. The van der Waals surface area contributed by atoms with Crippen molar-refractivity contribution in [3.8, 4) is 0 Å². The molecule has 0 radical (unpaired) electrons. The van der Waals surface area contributed by atoms with Crippen LogP contribution in [0.1, 0.15) is 27.2 Å². The molecule has 2 aromatic carbocycles. The fraction of sp³-hybridized carbons (Fsp3) is 0.103. The monoisotopic (exact) mass is 491 g/mol. The molecule has 0 saturated carbocycles. The van der Waals surface area contributed by atoms with E-state index in [1.54, 1.807) is 42.6 Å². The van der Waals surface area contributed by atoms with Crippen molar-refractivity contribution in [2.45, 2.75) is 17.9 Å². The van der Waals surface area contributed by atoms with Crippen LogP contribution in [0, 0.1) is 0 Å². The highest BCUT2D eigenvalue weighted by atomic mass is 32.1. The van der Waals surface area contributed by atoms with Crippen LogP contribution in [0.15, 0.2) is 102 Å². The molecule has 5 aromatic rings. The van der Waals surface area contributed by atoms with Crippen molar-refractivity contribution in [1.29, 1.82) is 0 Å². The standard InChI is InChI=1S/C17H16N4.C12H9NOS/c1-2-4-16-12(3-1)9-14(11-20-16)21-17-15-6-7-18-10-13(15)5-8-19-17;14-12(11-6-1-2-7-13-11)9-4-3-5-10(15)8-9/h1-5,8-9,11,18H,6-7,10H2,(H,19,21);1-8,15H. The average Bonchev–Trinajstić information content (AvgIpc) is 2.94. The minimum Gasteiger partial charge on any atom is -0.339 e. The van der Waals surface area contributed by atoms with Crippen LogP contribution >= 0.6 is 12.6 Å². The number of pyridine rings is 3. The van der Waals surface area contributed by atoms with Crippen molar-refractivity contribution in [1.82, 2.24) is 20.3 Å². The summed E-state index contributed by atoms with van der Waals surface area (Å²) in [7, 11) is 0. The Morgan fingerprint density at radius 1 is 0.889 bits per heavy atom. The number of hydrogen-bond acceptors (Lipinski definition) is 7. The van der Waals surface area contributed by atoms with Crippen LogP contribution in [0.5, 0.6) is 0 Å². The van der Waals surface area contributed by atoms with Crippen LogP contribution in [0.25, 0.3) is 10.9 Å². The minimum atomic E-state index is -0.0773. The van der Waals surface area contributed by atoms with Gasteiger partial charge in [0.2, 0.25) is 5.78 Å². The maximum absolute atomic E-state index is 11.9. The summed E-state index contributed by atoms with van der Waals surface area (Å²) in [6, 6.07) is 24.7. The lowest BCUT2D eigenvalue weighted by atomic mass is 10.0. The Morgan fingerprint density at radius 2 is 1.78 bits per heavy atom. The summed E-state index contributed by atoms with van der Waals surface area (Å²) in [5.74, 6) is 0.873. The van der Waals surface area contributed by atoms with Gasteiger partial charge in [0.25, 0.3) is 0 Å². The predicted molar refractivity (Wildman–Crippen MR) is 146 cm³/mol. The average molecular weight is 492 g/mol. The molecule has 0 spiro atoms. The van der Waals surface area contributed by atoms with E-state index < -0.39 is 0 Å². The van der Waals surface area contributed by atoms with Crippen LogP contribution in [0.2, 0.25) is 0 Å². The van der Waals surface area contributed by atoms with Crippen molar-refractivity contribution < 1.29 is 4.79 Å². The number of carbonyl (C=O) groups excluding carboxylic acids is 1. The van der Waals surface area contributed by atoms with Crippen molar-refractivity contribution in [3.05, 3.63) is 120 Å². The zero-order valence-corrected chi connectivity index (χ0v) is 20.5. The first-order valence-corrected chi connectivity index (χ1v) is 12.2. The largest absolute Gasteiger partial charge is 0.339 e. The number of fused-ring (bicyclic) bond motifs is 2. The molecule has 3 aromatic heterocycles. The number of nitrogens with one attached hydrogen (secondary N) is 2. The number of carbonyl (C=O) groups is 1. The molecule has 0 aliphatic carbocycles. The second-order valence-corrected chi connectivity index (χ2v) is 8.88. The molecular formula is C29H25N5OS. The molecule has 1 aliphatic heterocycles. The van der Waals surface area contributed by atoms with Gasteiger partial charge in [-0.2, -0.15) is 0 Å². The zero-order valence-electron chi connectivity index (χ0n) is 19.6. The van der Waals surface area contributed by atoms with Crippen LogP contribution in [-0.2, 0) is 13.0 Å². The topological polar surface area (TPSA) is 79.8 Å². The third-order valence-electron chi connectivity index (χ3n) is 5.88. The number of thiol groups is 1. The van der Waals surface area contributed by atoms with Crippen molar-refractivity contribution >= 4 is 40.8 Å². The van der Waals surface area contributed by atoms with Gasteiger partial charge in [-0.3, -0.25) is 14.8 Å². The number of benzene rings is 2. The van der Waals surface area contributed by atoms with E-state index >= 15 is 0 Å². The third kappa shape index (κ3) is 5.59. The van der Waals surface area contributed by atoms with Gasteiger partial charge >= 0.3 is 0 Å². The predicted octanol–water partition coefficient (Wildman–Crippen LogP) is 5.62. The van der Waals surface area contributed by atoms with E-state index in [0.717, 1.165) is 46.8 Å². The number of para-hydroxylation sites is 1. The summed E-state index contributed by atoms with van der Waals surface area (Å²) >= 11 is 4.19. The van der Waals surface area contributed by atoms with Gasteiger partial charge < -0.3 is 10.6 Å². The van der Waals surface area contributed by atoms with Gasteiger partial charge in [0.1, 0.15) is 11.5 Å². The van der Waals surface area contributed by atoms with Crippen LogP contribution in [-0.4, -0.2) is 27.3 Å². The van der Waals surface area contributed by atoms with Gasteiger partial charge in [-0.15, -0.1) is 12.6 Å². The first kappa shape index (κ1) is 23.7. The number of anilines is 2. The second kappa shape index (κ2) is 11.1. The van der Waals surface area contributed by atoms with E-state index in [2.05, 4.69) is 56.4 Å². The number of aromatic nitrogens is 3. The van der Waals surface area contributed by atoms with Gasteiger partial charge in [-0.05, 0) is 61.0 Å². The lowest BCUT2D eigenvalue weighted by molar-refractivity contribution is 0.103. The highest BCUT2D eigenvalue weighted by molar-refractivity contribution is 7.80. The molecular weight excluding hydrogens is 466 g/mol. The highest BCUT2D eigenvalue weighted by Gasteiger charge is 2.14. The highest BCUT2D eigenvalue weighted by Crippen LogP contribution is 2.25. The maximum Gasteiger partial charge on any atom is 0.211 e. The van der Waals surface area contributed by atoms with Crippen LogP contribution in [0.4, 0.5) is 11.5 Å². The number of nitrogens with zero attached hydrogens (tertiary/aromatic N) is 3. The number of ketones is 1. The molecule has 36 heavy (non-hydrogen) atoms. The van der Waals surface area contributed by atoms with Gasteiger partial charge in [-0.1, -0.05) is 36.4 Å². The Balaban J connectivity index is 0.000000157. The zero-order chi connectivity index (χ0) is 24.7. The molecule has 2 N–H and O–H groups in total. The smallest absolute Gasteiger partial charge is 0.211 e. The third-order valence-corrected chi connectivity index (χ3v) is 6.16. The fourth-order valence-corrected chi connectivity index (χ4v) is 4.31. The Labute approximate surface area is 215 Å². The fourth-order valence-electron chi connectivity index (χ4n) is 4.09. The minimum absolute atomic E-state index is 0.0773. The molecule has 0 saturated heterocycles. The first-order chi connectivity index (χ1) is 17.7. The van der Waals surface area contributed by atoms with Gasteiger partial charge in [0.05, 0.1) is 17.4 Å². The van der Waals surface area contributed by atoms with Gasteiger partial charge in [0, 0.05) is 40.3 Å². The van der Waals surface area contributed by atoms with E-state index in [0.29, 0.717) is 11.3 Å². The molecule has 6 nitrogen and oxygen atoms in total.